The van der Waals surface area contributed by atoms with Crippen LogP contribution in [0.5, 0.6) is 0 Å². The molecule has 0 N–H and O–H groups in total. The molecule has 1 aromatic carbocycles. The third-order valence-corrected chi connectivity index (χ3v) is 4.53. The normalized spacial score (nSPS) is 15.4. The summed E-state index contributed by atoms with van der Waals surface area (Å²) in [5.41, 5.74) is 0.847. The SMILES string of the molecule is CC(C)(C)OC(=O)C[C@H](C(=O)n1c(Cc2ccccc2)coc1=O)C1CC1. The molecule has 1 aromatic heterocycles. The molecular formula is C21H25NO5. The van der Waals surface area contributed by atoms with Crippen molar-refractivity contribution < 1.29 is 18.7 Å². The van der Waals surface area contributed by atoms with Crippen molar-refractivity contribution in [3.8, 4) is 0 Å². The second-order valence-corrected chi connectivity index (χ2v) is 8.06. The molecule has 0 amide bonds. The first-order chi connectivity index (χ1) is 12.7. The van der Waals surface area contributed by atoms with Gasteiger partial charge in [-0.2, -0.15) is 0 Å². The molecule has 6 nitrogen and oxygen atoms in total. The Balaban J connectivity index is 1.82. The Morgan fingerprint density at radius 2 is 1.89 bits per heavy atom. The van der Waals surface area contributed by atoms with Crippen LogP contribution >= 0.6 is 0 Å². The van der Waals surface area contributed by atoms with Gasteiger partial charge in [-0.1, -0.05) is 30.3 Å². The Morgan fingerprint density at radius 3 is 2.48 bits per heavy atom. The highest BCUT2D eigenvalue weighted by molar-refractivity contribution is 5.86. The van der Waals surface area contributed by atoms with Gasteiger partial charge in [-0.15, -0.1) is 0 Å². The Bertz CT molecular complexity index is 868. The van der Waals surface area contributed by atoms with Crippen LogP contribution < -0.4 is 5.76 Å². The molecule has 27 heavy (non-hydrogen) atoms. The predicted molar refractivity (Wildman–Crippen MR) is 99.5 cm³/mol. The van der Waals surface area contributed by atoms with E-state index in [1.807, 2.05) is 30.3 Å². The smallest absolute Gasteiger partial charge is 0.426 e. The fourth-order valence-corrected chi connectivity index (χ4v) is 3.18. The molecule has 0 bridgehead atoms. The maximum atomic E-state index is 13.1. The first kappa shape index (κ1) is 19.1. The van der Waals surface area contributed by atoms with Crippen molar-refractivity contribution in [2.45, 2.75) is 52.1 Å². The van der Waals surface area contributed by atoms with Gasteiger partial charge in [-0.25, -0.2) is 9.36 Å². The summed E-state index contributed by atoms with van der Waals surface area (Å²) < 4.78 is 11.4. The number of carbonyl (C=O) groups excluding carboxylic acids is 2. The summed E-state index contributed by atoms with van der Waals surface area (Å²) in [6.45, 7) is 5.37. The molecule has 1 heterocycles. The van der Waals surface area contributed by atoms with Crippen molar-refractivity contribution >= 4 is 11.9 Å². The van der Waals surface area contributed by atoms with Crippen molar-refractivity contribution in [2.75, 3.05) is 0 Å². The molecular weight excluding hydrogens is 346 g/mol. The van der Waals surface area contributed by atoms with Crippen LogP contribution in [0, 0.1) is 11.8 Å². The molecule has 0 unspecified atom stereocenters. The third kappa shape index (κ3) is 4.96. The Labute approximate surface area is 158 Å². The topological polar surface area (TPSA) is 78.5 Å². The maximum Gasteiger partial charge on any atom is 0.426 e. The summed E-state index contributed by atoms with van der Waals surface area (Å²) in [6, 6.07) is 9.54. The molecule has 1 aliphatic carbocycles. The highest BCUT2D eigenvalue weighted by atomic mass is 16.6. The minimum atomic E-state index is -0.708. The van der Waals surface area contributed by atoms with Crippen LogP contribution in [-0.2, 0) is 16.0 Å². The third-order valence-electron chi connectivity index (χ3n) is 4.53. The number of aromatic nitrogens is 1. The van der Waals surface area contributed by atoms with E-state index >= 15 is 0 Å². The van der Waals surface area contributed by atoms with Crippen molar-refractivity contribution in [2.24, 2.45) is 11.8 Å². The average molecular weight is 371 g/mol. The van der Waals surface area contributed by atoms with Crippen LogP contribution in [0.1, 0.15) is 56.1 Å². The highest BCUT2D eigenvalue weighted by Gasteiger charge is 2.40. The maximum absolute atomic E-state index is 13.1. The van der Waals surface area contributed by atoms with Gasteiger partial charge in [-0.3, -0.25) is 9.59 Å². The predicted octanol–water partition coefficient (Wildman–Crippen LogP) is 3.43. The Kier molecular flexibility index (Phi) is 5.35. The van der Waals surface area contributed by atoms with Crippen molar-refractivity contribution in [3.63, 3.8) is 0 Å². The summed E-state index contributed by atoms with van der Waals surface area (Å²) >= 11 is 0. The van der Waals surface area contributed by atoms with Gasteiger partial charge < -0.3 is 9.15 Å². The van der Waals surface area contributed by atoms with Crippen molar-refractivity contribution in [1.82, 2.24) is 4.57 Å². The summed E-state index contributed by atoms with van der Waals surface area (Å²) in [5.74, 6) is -1.97. The molecule has 0 saturated heterocycles. The van der Waals surface area contributed by atoms with E-state index in [1.165, 1.54) is 6.26 Å². The Morgan fingerprint density at radius 1 is 1.22 bits per heavy atom. The minimum Gasteiger partial charge on any atom is -0.460 e. The van der Waals surface area contributed by atoms with Crippen LogP contribution in [0.4, 0.5) is 0 Å². The lowest BCUT2D eigenvalue weighted by atomic mass is 9.98. The molecule has 1 aliphatic rings. The first-order valence-corrected chi connectivity index (χ1v) is 9.24. The molecule has 0 aliphatic heterocycles. The van der Waals surface area contributed by atoms with Gasteiger partial charge in [0.2, 0.25) is 5.91 Å². The lowest BCUT2D eigenvalue weighted by molar-refractivity contribution is -0.155. The van der Waals surface area contributed by atoms with Crippen molar-refractivity contribution in [3.05, 3.63) is 58.4 Å². The van der Waals surface area contributed by atoms with E-state index in [9.17, 15) is 14.4 Å². The van der Waals surface area contributed by atoms with Gasteiger partial charge in [0.15, 0.2) is 0 Å². The largest absolute Gasteiger partial charge is 0.460 e. The molecule has 2 aromatic rings. The number of hydrogen-bond donors (Lipinski definition) is 0. The molecule has 1 fully saturated rings. The number of oxazole rings is 1. The van der Waals surface area contributed by atoms with Gasteiger partial charge in [0.1, 0.15) is 11.9 Å². The standard InChI is InChI=1S/C21H25NO5/c1-21(2,3)27-18(23)12-17(15-9-10-15)19(24)22-16(13-26-20(22)25)11-14-7-5-4-6-8-14/h4-8,13,15,17H,9-12H2,1-3H3/t17-/m0/s1. The van der Waals surface area contributed by atoms with E-state index < -0.39 is 23.2 Å². The van der Waals surface area contributed by atoms with Crippen LogP contribution in [0.3, 0.4) is 0 Å². The summed E-state index contributed by atoms with van der Waals surface area (Å²) in [5, 5.41) is 0. The van der Waals surface area contributed by atoms with Gasteiger partial charge in [-0.05, 0) is 45.1 Å². The lowest BCUT2D eigenvalue weighted by Gasteiger charge is -2.22. The quantitative estimate of drug-likeness (QED) is 0.727. The molecule has 6 heteroatoms. The number of rotatable bonds is 6. The van der Waals surface area contributed by atoms with E-state index in [0.29, 0.717) is 12.1 Å². The van der Waals surface area contributed by atoms with Crippen molar-refractivity contribution in [1.29, 1.82) is 0 Å². The van der Waals surface area contributed by atoms with E-state index in [2.05, 4.69) is 0 Å². The number of hydrogen-bond acceptors (Lipinski definition) is 5. The zero-order valence-electron chi connectivity index (χ0n) is 15.9. The molecule has 3 rings (SSSR count). The molecule has 0 spiro atoms. The van der Waals surface area contributed by atoms with Crippen LogP contribution in [-0.4, -0.2) is 22.0 Å². The number of carbonyl (C=O) groups is 2. The second kappa shape index (κ2) is 7.55. The Hall–Kier alpha value is -2.63. The average Bonchev–Trinajstić information content (AvgIpc) is 3.36. The van der Waals surface area contributed by atoms with Gasteiger partial charge in [0.25, 0.3) is 0 Å². The van der Waals surface area contributed by atoms with Crippen LogP contribution in [0.15, 0.2) is 45.8 Å². The monoisotopic (exact) mass is 371 g/mol. The van der Waals surface area contributed by atoms with Crippen LogP contribution in [0.2, 0.25) is 0 Å². The lowest BCUT2D eigenvalue weighted by Crippen LogP contribution is -2.34. The van der Waals surface area contributed by atoms with E-state index in [0.717, 1.165) is 23.0 Å². The highest BCUT2D eigenvalue weighted by Crippen LogP contribution is 2.39. The molecule has 0 radical (unpaired) electrons. The fourth-order valence-electron chi connectivity index (χ4n) is 3.18. The van der Waals surface area contributed by atoms with Crippen LogP contribution in [0.25, 0.3) is 0 Å². The molecule has 1 atom stereocenters. The summed E-state index contributed by atoms with van der Waals surface area (Å²) in [4.78, 5) is 37.6. The van der Waals surface area contributed by atoms with E-state index in [1.54, 1.807) is 20.8 Å². The zero-order chi connectivity index (χ0) is 19.6. The number of esters is 1. The fraction of sp³-hybridized carbons (Fsp3) is 0.476. The van der Waals surface area contributed by atoms with Gasteiger partial charge >= 0.3 is 11.7 Å². The summed E-state index contributed by atoms with van der Waals surface area (Å²) in [6.07, 6.45) is 3.45. The molecule has 1 saturated carbocycles. The number of benzene rings is 1. The zero-order valence-corrected chi connectivity index (χ0v) is 15.9. The van der Waals surface area contributed by atoms with E-state index in [4.69, 9.17) is 9.15 Å². The van der Waals surface area contributed by atoms with E-state index in [-0.39, 0.29) is 18.2 Å². The minimum absolute atomic E-state index is 0.0246. The summed E-state index contributed by atoms with van der Waals surface area (Å²) in [7, 11) is 0. The molecule has 144 valence electrons. The number of nitrogens with zero attached hydrogens (tertiary/aromatic N) is 1. The van der Waals surface area contributed by atoms with Gasteiger partial charge in [0, 0.05) is 6.42 Å². The first-order valence-electron chi connectivity index (χ1n) is 9.24. The van der Waals surface area contributed by atoms with Gasteiger partial charge in [0.05, 0.1) is 18.0 Å². The number of ether oxygens (including phenoxy) is 1. The second-order valence-electron chi connectivity index (χ2n) is 8.06.